The summed E-state index contributed by atoms with van der Waals surface area (Å²) in [5, 5.41) is 3.18. The zero-order valence-corrected chi connectivity index (χ0v) is 16.5. The molecule has 0 saturated heterocycles. The molecule has 0 spiro atoms. The van der Waals surface area contributed by atoms with Gasteiger partial charge in [0.05, 0.1) is 6.04 Å². The van der Waals surface area contributed by atoms with E-state index in [1.807, 2.05) is 43.0 Å². The normalized spacial score (nSPS) is 15.8. The average molecular weight is 370 g/mol. The number of anilines is 1. The van der Waals surface area contributed by atoms with E-state index in [0.29, 0.717) is 0 Å². The van der Waals surface area contributed by atoms with Crippen molar-refractivity contribution in [2.45, 2.75) is 32.7 Å². The molecule has 1 heterocycles. The van der Waals surface area contributed by atoms with E-state index in [4.69, 9.17) is 0 Å². The van der Waals surface area contributed by atoms with Crippen molar-refractivity contribution in [1.82, 2.24) is 4.90 Å². The quantitative estimate of drug-likeness (QED) is 0.632. The van der Waals surface area contributed by atoms with Crippen LogP contribution in [0.1, 0.15) is 33.9 Å². The average Bonchev–Trinajstić information content (AvgIpc) is 2.72. The van der Waals surface area contributed by atoms with Gasteiger partial charge in [-0.25, -0.2) is 4.79 Å². The van der Waals surface area contributed by atoms with E-state index in [2.05, 4.69) is 53.8 Å². The standard InChI is InChI=1S/C25H26N2O/c1-18-9-8-10-19(2)24(18)26-25(28)27-16-15-21-13-6-7-14-22(21)23(27)17-20-11-4-3-5-12-20/h3-14,23H,15-17H2,1-2H3,(H,26,28). The Labute approximate surface area is 167 Å². The molecular weight excluding hydrogens is 344 g/mol. The molecule has 0 aliphatic carbocycles. The molecule has 28 heavy (non-hydrogen) atoms. The lowest BCUT2D eigenvalue weighted by atomic mass is 9.89. The summed E-state index contributed by atoms with van der Waals surface area (Å²) in [5.74, 6) is 0. The number of para-hydroxylation sites is 1. The Balaban J connectivity index is 1.65. The third-order valence-electron chi connectivity index (χ3n) is 5.66. The Bertz CT molecular complexity index is 961. The van der Waals surface area contributed by atoms with Crippen LogP contribution in [-0.2, 0) is 12.8 Å². The van der Waals surface area contributed by atoms with E-state index < -0.39 is 0 Å². The summed E-state index contributed by atoms with van der Waals surface area (Å²) in [5.41, 5.74) is 6.95. The van der Waals surface area contributed by atoms with Gasteiger partial charge in [0.15, 0.2) is 0 Å². The van der Waals surface area contributed by atoms with E-state index in [-0.39, 0.29) is 12.1 Å². The number of nitrogens with one attached hydrogen (secondary N) is 1. The molecule has 3 aromatic carbocycles. The Kier molecular flexibility index (Phi) is 5.16. The molecule has 142 valence electrons. The van der Waals surface area contributed by atoms with Gasteiger partial charge in [-0.15, -0.1) is 0 Å². The highest BCUT2D eigenvalue weighted by atomic mass is 16.2. The van der Waals surface area contributed by atoms with Gasteiger partial charge in [0.25, 0.3) is 0 Å². The predicted molar refractivity (Wildman–Crippen MR) is 115 cm³/mol. The maximum absolute atomic E-state index is 13.3. The van der Waals surface area contributed by atoms with Gasteiger partial charge in [-0.1, -0.05) is 72.8 Å². The highest BCUT2D eigenvalue weighted by molar-refractivity contribution is 5.91. The maximum atomic E-state index is 13.3. The second kappa shape index (κ2) is 7.89. The van der Waals surface area contributed by atoms with Crippen LogP contribution in [0.4, 0.5) is 10.5 Å². The lowest BCUT2D eigenvalue weighted by Gasteiger charge is -2.37. The van der Waals surface area contributed by atoms with Crippen LogP contribution in [0.3, 0.4) is 0 Å². The van der Waals surface area contributed by atoms with E-state index >= 15 is 0 Å². The Morgan fingerprint density at radius 3 is 2.36 bits per heavy atom. The number of rotatable bonds is 3. The van der Waals surface area contributed by atoms with E-state index in [9.17, 15) is 4.79 Å². The first kappa shape index (κ1) is 18.3. The van der Waals surface area contributed by atoms with Crippen molar-refractivity contribution in [3.8, 4) is 0 Å². The number of amides is 2. The monoisotopic (exact) mass is 370 g/mol. The molecule has 3 nitrogen and oxygen atoms in total. The van der Waals surface area contributed by atoms with Gasteiger partial charge >= 0.3 is 6.03 Å². The molecule has 1 unspecified atom stereocenters. The Hall–Kier alpha value is -3.07. The summed E-state index contributed by atoms with van der Waals surface area (Å²) in [6.45, 7) is 4.80. The molecule has 3 heteroatoms. The van der Waals surface area contributed by atoms with Crippen molar-refractivity contribution in [1.29, 1.82) is 0 Å². The van der Waals surface area contributed by atoms with Crippen LogP contribution < -0.4 is 5.32 Å². The largest absolute Gasteiger partial charge is 0.322 e. The molecule has 1 N–H and O–H groups in total. The predicted octanol–water partition coefficient (Wildman–Crippen LogP) is 5.68. The van der Waals surface area contributed by atoms with Crippen LogP contribution in [0.2, 0.25) is 0 Å². The number of urea groups is 1. The van der Waals surface area contributed by atoms with Gasteiger partial charge in [-0.2, -0.15) is 0 Å². The second-order valence-corrected chi connectivity index (χ2v) is 7.54. The first-order valence-electron chi connectivity index (χ1n) is 9.89. The summed E-state index contributed by atoms with van der Waals surface area (Å²) in [6.07, 6.45) is 1.71. The molecule has 4 rings (SSSR count). The van der Waals surface area contributed by atoms with E-state index in [0.717, 1.165) is 36.2 Å². The molecule has 0 fully saturated rings. The SMILES string of the molecule is Cc1cccc(C)c1NC(=O)N1CCc2ccccc2C1Cc1ccccc1. The minimum Gasteiger partial charge on any atom is -0.317 e. The molecule has 0 aromatic heterocycles. The number of hydrogen-bond acceptors (Lipinski definition) is 1. The third-order valence-corrected chi connectivity index (χ3v) is 5.66. The van der Waals surface area contributed by atoms with Crippen LogP contribution in [-0.4, -0.2) is 17.5 Å². The summed E-state index contributed by atoms with van der Waals surface area (Å²) in [6, 6.07) is 25.1. The van der Waals surface area contributed by atoms with Gasteiger partial charge in [-0.05, 0) is 54.5 Å². The van der Waals surface area contributed by atoms with Crippen LogP contribution in [0.25, 0.3) is 0 Å². The topological polar surface area (TPSA) is 32.3 Å². The fourth-order valence-corrected chi connectivity index (χ4v) is 4.14. The summed E-state index contributed by atoms with van der Waals surface area (Å²) in [7, 11) is 0. The van der Waals surface area contributed by atoms with E-state index in [1.165, 1.54) is 16.7 Å². The van der Waals surface area contributed by atoms with Crippen molar-refractivity contribution in [2.24, 2.45) is 0 Å². The lowest BCUT2D eigenvalue weighted by Crippen LogP contribution is -2.43. The van der Waals surface area contributed by atoms with Crippen LogP contribution in [0, 0.1) is 13.8 Å². The summed E-state index contributed by atoms with van der Waals surface area (Å²) in [4.78, 5) is 15.3. The van der Waals surface area contributed by atoms with Crippen molar-refractivity contribution >= 4 is 11.7 Å². The molecule has 0 radical (unpaired) electrons. The molecule has 1 aliphatic heterocycles. The molecule has 0 bridgehead atoms. The zero-order chi connectivity index (χ0) is 19.5. The maximum Gasteiger partial charge on any atom is 0.322 e. The van der Waals surface area contributed by atoms with Gasteiger partial charge < -0.3 is 10.2 Å². The van der Waals surface area contributed by atoms with Gasteiger partial charge in [0.2, 0.25) is 0 Å². The Morgan fingerprint density at radius 1 is 0.929 bits per heavy atom. The molecule has 1 atom stereocenters. The summed E-state index contributed by atoms with van der Waals surface area (Å²) >= 11 is 0. The summed E-state index contributed by atoms with van der Waals surface area (Å²) < 4.78 is 0. The fourth-order valence-electron chi connectivity index (χ4n) is 4.14. The van der Waals surface area contributed by atoms with Gasteiger partial charge in [0.1, 0.15) is 0 Å². The van der Waals surface area contributed by atoms with Gasteiger partial charge in [0, 0.05) is 12.2 Å². The third kappa shape index (κ3) is 3.65. The minimum absolute atomic E-state index is 0.0205. The number of carbonyl (C=O) groups excluding carboxylic acids is 1. The first-order valence-corrected chi connectivity index (χ1v) is 9.89. The number of carbonyl (C=O) groups is 1. The number of hydrogen-bond donors (Lipinski definition) is 1. The Morgan fingerprint density at radius 2 is 1.61 bits per heavy atom. The molecule has 1 aliphatic rings. The van der Waals surface area contributed by atoms with Crippen LogP contribution in [0.15, 0.2) is 72.8 Å². The zero-order valence-electron chi connectivity index (χ0n) is 16.5. The first-order chi connectivity index (χ1) is 13.6. The van der Waals surface area contributed by atoms with Crippen molar-refractivity contribution < 1.29 is 4.79 Å². The smallest absolute Gasteiger partial charge is 0.317 e. The lowest BCUT2D eigenvalue weighted by molar-refractivity contribution is 0.182. The number of aryl methyl sites for hydroxylation is 2. The minimum atomic E-state index is -0.0205. The van der Waals surface area contributed by atoms with Gasteiger partial charge in [-0.3, -0.25) is 0 Å². The highest BCUT2D eigenvalue weighted by Gasteiger charge is 2.31. The van der Waals surface area contributed by atoms with Crippen LogP contribution in [0.5, 0.6) is 0 Å². The highest BCUT2D eigenvalue weighted by Crippen LogP contribution is 2.33. The molecular formula is C25H26N2O. The molecule has 0 saturated carbocycles. The van der Waals surface area contributed by atoms with E-state index in [1.54, 1.807) is 0 Å². The van der Waals surface area contributed by atoms with Crippen molar-refractivity contribution in [3.63, 3.8) is 0 Å². The fraction of sp³-hybridized carbons (Fsp3) is 0.240. The molecule has 3 aromatic rings. The van der Waals surface area contributed by atoms with Crippen LogP contribution >= 0.6 is 0 Å². The van der Waals surface area contributed by atoms with Crippen molar-refractivity contribution in [2.75, 3.05) is 11.9 Å². The number of nitrogens with zero attached hydrogens (tertiary/aromatic N) is 1. The number of benzene rings is 3. The molecule has 2 amide bonds. The second-order valence-electron chi connectivity index (χ2n) is 7.54. The number of fused-ring (bicyclic) bond motifs is 1. The van der Waals surface area contributed by atoms with Crippen molar-refractivity contribution in [3.05, 3.63) is 101 Å².